The van der Waals surface area contributed by atoms with Crippen molar-refractivity contribution >= 4 is 5.95 Å². The van der Waals surface area contributed by atoms with Gasteiger partial charge in [-0.15, -0.1) is 4.98 Å². The van der Waals surface area contributed by atoms with Crippen LogP contribution in [0, 0.1) is 0 Å². The fourth-order valence-corrected chi connectivity index (χ4v) is 1.38. The lowest BCUT2D eigenvalue weighted by Gasteiger charge is -2.10. The zero-order valence-electron chi connectivity index (χ0n) is 12.1. The topological polar surface area (TPSA) is 72.4 Å². The van der Waals surface area contributed by atoms with Gasteiger partial charge in [-0.3, -0.25) is 0 Å². The van der Waals surface area contributed by atoms with Gasteiger partial charge in [-0.1, -0.05) is 0 Å². The van der Waals surface area contributed by atoms with Crippen molar-refractivity contribution in [2.45, 2.75) is 20.3 Å². The number of hydrogen-bond acceptors (Lipinski definition) is 7. The van der Waals surface area contributed by atoms with E-state index in [1.165, 1.54) is 0 Å². The van der Waals surface area contributed by atoms with Crippen molar-refractivity contribution in [2.75, 3.05) is 45.7 Å². The van der Waals surface area contributed by atoms with E-state index in [0.29, 0.717) is 25.2 Å². The maximum Gasteiger partial charge on any atom is 0.324 e. The summed E-state index contributed by atoms with van der Waals surface area (Å²) in [4.78, 5) is 14.5. The summed E-state index contributed by atoms with van der Waals surface area (Å²) in [6.07, 6.45) is 0.916. The molecule has 0 unspecified atom stereocenters. The van der Waals surface area contributed by atoms with E-state index in [1.807, 2.05) is 27.9 Å². The van der Waals surface area contributed by atoms with Crippen LogP contribution in [0.1, 0.15) is 20.3 Å². The van der Waals surface area contributed by atoms with Crippen molar-refractivity contribution in [3.63, 3.8) is 0 Å². The summed E-state index contributed by atoms with van der Waals surface area (Å²) in [6, 6.07) is 0.587. The van der Waals surface area contributed by atoms with Gasteiger partial charge in [0.1, 0.15) is 0 Å². The molecule has 1 rings (SSSR count). The lowest BCUT2D eigenvalue weighted by molar-refractivity contribution is 0.252. The molecule has 7 nitrogen and oxygen atoms in total. The number of rotatable bonds is 9. The maximum atomic E-state index is 5.52. The van der Waals surface area contributed by atoms with Crippen molar-refractivity contribution in [3.8, 4) is 12.0 Å². The minimum absolute atomic E-state index is 0.288. The van der Waals surface area contributed by atoms with Crippen LogP contribution < -0.4 is 14.8 Å². The Bertz CT molecular complexity index is 349. The lowest BCUT2D eigenvalue weighted by Crippen LogP contribution is -2.16. The number of aromatic nitrogens is 3. The quantitative estimate of drug-likeness (QED) is 0.671. The Labute approximate surface area is 114 Å². The van der Waals surface area contributed by atoms with Gasteiger partial charge in [-0.25, -0.2) is 0 Å². The van der Waals surface area contributed by atoms with Crippen LogP contribution in [0.3, 0.4) is 0 Å². The molecule has 0 saturated heterocycles. The Hall–Kier alpha value is -1.63. The van der Waals surface area contributed by atoms with E-state index in [1.54, 1.807) is 0 Å². The molecule has 0 spiro atoms. The average Bonchev–Trinajstić information content (AvgIpc) is 2.35. The zero-order chi connectivity index (χ0) is 14.1. The highest BCUT2D eigenvalue weighted by Crippen LogP contribution is 2.13. The van der Waals surface area contributed by atoms with E-state index in [-0.39, 0.29) is 6.01 Å². The fourth-order valence-electron chi connectivity index (χ4n) is 1.38. The molecule has 0 aliphatic carbocycles. The molecule has 0 aromatic carbocycles. The summed E-state index contributed by atoms with van der Waals surface area (Å²) >= 11 is 0. The van der Waals surface area contributed by atoms with Crippen LogP contribution in [0.2, 0.25) is 0 Å². The van der Waals surface area contributed by atoms with Gasteiger partial charge in [0.25, 0.3) is 0 Å². The molecule has 1 aromatic rings. The third-order valence-corrected chi connectivity index (χ3v) is 2.18. The molecule has 1 aromatic heterocycles. The number of nitrogens with one attached hydrogen (secondary N) is 1. The Morgan fingerprint density at radius 2 is 1.74 bits per heavy atom. The summed E-state index contributed by atoms with van der Waals surface area (Å²) in [5.74, 6) is 0.476. The third-order valence-electron chi connectivity index (χ3n) is 2.18. The van der Waals surface area contributed by atoms with Gasteiger partial charge in [-0.05, 0) is 34.4 Å². The van der Waals surface area contributed by atoms with Crippen LogP contribution in [-0.2, 0) is 0 Å². The molecule has 7 heteroatoms. The molecular formula is C12H23N5O2. The highest BCUT2D eigenvalue weighted by atomic mass is 16.5. The van der Waals surface area contributed by atoms with Crippen LogP contribution in [0.25, 0.3) is 0 Å². The van der Waals surface area contributed by atoms with Crippen LogP contribution in [-0.4, -0.2) is 60.3 Å². The molecule has 0 saturated carbocycles. The molecule has 0 atom stereocenters. The van der Waals surface area contributed by atoms with Crippen molar-refractivity contribution in [1.82, 2.24) is 19.9 Å². The maximum absolute atomic E-state index is 5.52. The summed E-state index contributed by atoms with van der Waals surface area (Å²) in [5, 5.41) is 3.02. The van der Waals surface area contributed by atoms with Gasteiger partial charge >= 0.3 is 12.0 Å². The molecule has 0 radical (unpaired) electrons. The van der Waals surface area contributed by atoms with E-state index >= 15 is 0 Å². The average molecular weight is 269 g/mol. The van der Waals surface area contributed by atoms with Crippen LogP contribution in [0.4, 0.5) is 5.95 Å². The number of nitrogens with zero attached hydrogens (tertiary/aromatic N) is 4. The summed E-state index contributed by atoms with van der Waals surface area (Å²) < 4.78 is 10.8. The first kappa shape index (κ1) is 15.4. The van der Waals surface area contributed by atoms with Gasteiger partial charge in [0, 0.05) is 13.1 Å². The van der Waals surface area contributed by atoms with Crippen LogP contribution in [0.5, 0.6) is 12.0 Å². The zero-order valence-corrected chi connectivity index (χ0v) is 12.1. The van der Waals surface area contributed by atoms with Crippen molar-refractivity contribution in [1.29, 1.82) is 0 Å². The predicted molar refractivity (Wildman–Crippen MR) is 73.8 cm³/mol. The van der Waals surface area contributed by atoms with E-state index in [4.69, 9.17) is 9.47 Å². The van der Waals surface area contributed by atoms with E-state index in [0.717, 1.165) is 19.5 Å². The fraction of sp³-hybridized carbons (Fsp3) is 0.750. The SMILES string of the molecule is CCNc1nc(OCC)nc(OCCCN(C)C)n1. The van der Waals surface area contributed by atoms with Gasteiger partial charge < -0.3 is 19.7 Å². The second kappa shape index (κ2) is 8.47. The van der Waals surface area contributed by atoms with E-state index < -0.39 is 0 Å². The Morgan fingerprint density at radius 3 is 2.32 bits per heavy atom. The third kappa shape index (κ3) is 6.19. The molecule has 108 valence electrons. The standard InChI is InChI=1S/C12H23N5O2/c1-5-13-10-14-11(18-6-2)16-12(15-10)19-9-7-8-17(3)4/h5-9H2,1-4H3,(H,13,14,15,16). The Balaban J connectivity index is 2.59. The second-order valence-corrected chi connectivity index (χ2v) is 4.19. The highest BCUT2D eigenvalue weighted by molar-refractivity contribution is 5.27. The van der Waals surface area contributed by atoms with Crippen molar-refractivity contribution in [3.05, 3.63) is 0 Å². The smallest absolute Gasteiger partial charge is 0.324 e. The minimum atomic E-state index is 0.288. The number of hydrogen-bond donors (Lipinski definition) is 1. The van der Waals surface area contributed by atoms with Crippen LogP contribution >= 0.6 is 0 Å². The van der Waals surface area contributed by atoms with E-state index in [9.17, 15) is 0 Å². The predicted octanol–water partition coefficient (Wildman–Crippen LogP) is 1.03. The molecule has 0 fully saturated rings. The Kier molecular flexibility index (Phi) is 6.88. The van der Waals surface area contributed by atoms with E-state index in [2.05, 4.69) is 25.2 Å². The summed E-state index contributed by atoms with van der Waals surface area (Å²) in [6.45, 7) is 6.63. The molecule has 0 aliphatic rings. The molecule has 1 N–H and O–H groups in total. The first-order valence-electron chi connectivity index (χ1n) is 6.56. The van der Waals surface area contributed by atoms with Gasteiger partial charge in [-0.2, -0.15) is 9.97 Å². The monoisotopic (exact) mass is 269 g/mol. The van der Waals surface area contributed by atoms with Crippen LogP contribution in [0.15, 0.2) is 0 Å². The van der Waals surface area contributed by atoms with Gasteiger partial charge in [0.2, 0.25) is 5.95 Å². The minimum Gasteiger partial charge on any atom is -0.464 e. The first-order chi connectivity index (χ1) is 9.15. The Morgan fingerprint density at radius 1 is 1.05 bits per heavy atom. The molecule has 0 aliphatic heterocycles. The summed E-state index contributed by atoms with van der Waals surface area (Å²) in [7, 11) is 4.05. The van der Waals surface area contributed by atoms with Gasteiger partial charge in [0.05, 0.1) is 13.2 Å². The van der Waals surface area contributed by atoms with Crippen molar-refractivity contribution in [2.24, 2.45) is 0 Å². The molecule has 1 heterocycles. The molecular weight excluding hydrogens is 246 g/mol. The molecule has 0 amide bonds. The second-order valence-electron chi connectivity index (χ2n) is 4.19. The summed E-state index contributed by atoms with van der Waals surface area (Å²) in [5.41, 5.74) is 0. The van der Waals surface area contributed by atoms with Gasteiger partial charge in [0.15, 0.2) is 0 Å². The number of anilines is 1. The van der Waals surface area contributed by atoms with Crippen molar-refractivity contribution < 1.29 is 9.47 Å². The largest absolute Gasteiger partial charge is 0.464 e. The lowest BCUT2D eigenvalue weighted by atomic mass is 10.4. The normalized spacial score (nSPS) is 10.6. The number of ether oxygens (including phenoxy) is 2. The molecule has 19 heavy (non-hydrogen) atoms. The molecule has 0 bridgehead atoms. The highest BCUT2D eigenvalue weighted by Gasteiger charge is 2.07. The first-order valence-corrected chi connectivity index (χ1v) is 6.56.